The smallest absolute Gasteiger partial charge is 0.0166 e. The topological polar surface area (TPSA) is 0 Å². The summed E-state index contributed by atoms with van der Waals surface area (Å²) in [5, 5.41) is 0. The lowest BCUT2D eigenvalue weighted by Crippen LogP contribution is -1.96. The van der Waals surface area contributed by atoms with E-state index in [4.69, 9.17) is 0 Å². The molecule has 1 aliphatic heterocycles. The van der Waals surface area contributed by atoms with E-state index in [0.717, 1.165) is 12.2 Å². The Hall–Kier alpha value is -0.950. The van der Waals surface area contributed by atoms with Crippen LogP contribution >= 0.6 is 11.8 Å². The summed E-state index contributed by atoms with van der Waals surface area (Å²) in [7, 11) is 0. The highest BCUT2D eigenvalue weighted by Gasteiger charge is 2.09. The fraction of sp³-hybridized carbons (Fsp3) is 0.545. The highest BCUT2D eigenvalue weighted by atomic mass is 32.2. The van der Waals surface area contributed by atoms with Crippen molar-refractivity contribution in [3.8, 4) is 0 Å². The van der Waals surface area contributed by atoms with Crippen molar-refractivity contribution in [2.45, 2.75) is 68.2 Å². The molecule has 0 saturated carbocycles. The van der Waals surface area contributed by atoms with Gasteiger partial charge in [0, 0.05) is 16.6 Å². The molecule has 0 saturated heterocycles. The summed E-state index contributed by atoms with van der Waals surface area (Å²) in [6, 6.07) is 0. The van der Waals surface area contributed by atoms with E-state index in [-0.39, 0.29) is 0 Å². The van der Waals surface area contributed by atoms with E-state index in [1.807, 2.05) is 25.6 Å². The number of thioether (sulfide) groups is 1. The van der Waals surface area contributed by atoms with Crippen molar-refractivity contribution in [3.05, 3.63) is 58.6 Å². The second kappa shape index (κ2) is 17.4. The van der Waals surface area contributed by atoms with Gasteiger partial charge in [0.2, 0.25) is 0 Å². The first-order valence-corrected chi connectivity index (χ1v) is 10.1. The summed E-state index contributed by atoms with van der Waals surface area (Å²) in [6.07, 6.45) is 18.1. The van der Waals surface area contributed by atoms with Crippen LogP contribution in [0.1, 0.15) is 68.2 Å². The molecule has 1 heteroatoms. The van der Waals surface area contributed by atoms with Gasteiger partial charge in [-0.1, -0.05) is 96.1 Å². The van der Waals surface area contributed by atoms with E-state index in [9.17, 15) is 0 Å². The Morgan fingerprint density at radius 2 is 1.78 bits per heavy atom. The summed E-state index contributed by atoms with van der Waals surface area (Å²) in [5.41, 5.74) is 2.79. The monoisotopic (exact) mass is 334 g/mol. The molecule has 0 aromatic carbocycles. The molecule has 23 heavy (non-hydrogen) atoms. The van der Waals surface area contributed by atoms with Crippen LogP contribution in [0, 0.1) is 5.92 Å². The van der Waals surface area contributed by atoms with Gasteiger partial charge in [0.1, 0.15) is 0 Å². The fourth-order valence-electron chi connectivity index (χ4n) is 1.81. The molecule has 0 nitrogen and oxygen atoms in total. The molecule has 0 N–H and O–H groups in total. The van der Waals surface area contributed by atoms with Crippen molar-refractivity contribution in [1.29, 1.82) is 0 Å². The molecule has 1 unspecified atom stereocenters. The summed E-state index contributed by atoms with van der Waals surface area (Å²) in [6.45, 7) is 17.0. The molecule has 0 amide bonds. The standard InChI is InChI=1S/C17H24S.C3H8.C2H6/c1-5-7-9-16-15(4)11-10-14(3)12-13-18-17(16)8-6-2;1-3-2;1-2/h6-12,15H,5,13H2,1-4H3;3H2,1-2H3;1-2H3/b8-6+,9-7-,11-10-,14-12-,17-16-;;. The summed E-state index contributed by atoms with van der Waals surface area (Å²) in [5.74, 6) is 1.51. The van der Waals surface area contributed by atoms with Gasteiger partial charge >= 0.3 is 0 Å². The van der Waals surface area contributed by atoms with Gasteiger partial charge in [-0.15, -0.1) is 11.8 Å². The van der Waals surface area contributed by atoms with Crippen LogP contribution in [-0.4, -0.2) is 5.75 Å². The van der Waals surface area contributed by atoms with Crippen molar-refractivity contribution in [3.63, 3.8) is 0 Å². The van der Waals surface area contributed by atoms with Crippen LogP contribution in [0.2, 0.25) is 0 Å². The highest BCUT2D eigenvalue weighted by molar-refractivity contribution is 8.03. The molecule has 1 heterocycles. The maximum Gasteiger partial charge on any atom is 0.0166 e. The first-order valence-electron chi connectivity index (χ1n) is 9.11. The molecule has 1 rings (SSSR count). The molecule has 0 spiro atoms. The van der Waals surface area contributed by atoms with Gasteiger partial charge in [0.05, 0.1) is 0 Å². The van der Waals surface area contributed by atoms with Crippen LogP contribution in [-0.2, 0) is 0 Å². The lowest BCUT2D eigenvalue weighted by Gasteiger charge is -2.12. The van der Waals surface area contributed by atoms with Gasteiger partial charge in [-0.2, -0.15) is 0 Å². The molecule has 0 fully saturated rings. The van der Waals surface area contributed by atoms with Crippen LogP contribution in [0.5, 0.6) is 0 Å². The first-order chi connectivity index (χ1) is 11.1. The number of hydrogen-bond donors (Lipinski definition) is 0. The van der Waals surface area contributed by atoms with E-state index in [2.05, 4.69) is 84.1 Å². The third kappa shape index (κ3) is 12.2. The molecule has 132 valence electrons. The number of allylic oxidation sites excluding steroid dienone is 8. The van der Waals surface area contributed by atoms with Crippen LogP contribution in [0.4, 0.5) is 0 Å². The van der Waals surface area contributed by atoms with Crippen molar-refractivity contribution >= 4 is 11.8 Å². The molecular formula is C22H38S. The molecule has 1 aliphatic rings. The van der Waals surface area contributed by atoms with E-state index in [1.54, 1.807) is 0 Å². The normalized spacial score (nSPS) is 25.2. The zero-order valence-electron chi connectivity index (χ0n) is 16.6. The Balaban J connectivity index is 0. The van der Waals surface area contributed by atoms with Crippen molar-refractivity contribution in [2.75, 3.05) is 5.75 Å². The summed E-state index contributed by atoms with van der Waals surface area (Å²) >= 11 is 1.93. The quantitative estimate of drug-likeness (QED) is 0.502. The minimum atomic E-state index is 0.466. The molecule has 1 atom stereocenters. The van der Waals surface area contributed by atoms with Gasteiger partial charge in [-0.05, 0) is 25.8 Å². The van der Waals surface area contributed by atoms with E-state index < -0.39 is 0 Å². The van der Waals surface area contributed by atoms with Gasteiger partial charge in [-0.25, -0.2) is 0 Å². The summed E-state index contributed by atoms with van der Waals surface area (Å²) < 4.78 is 0. The molecule has 0 bridgehead atoms. The zero-order valence-corrected chi connectivity index (χ0v) is 17.5. The summed E-state index contributed by atoms with van der Waals surface area (Å²) in [4.78, 5) is 1.39. The van der Waals surface area contributed by atoms with Crippen molar-refractivity contribution < 1.29 is 0 Å². The molecule has 0 aliphatic carbocycles. The van der Waals surface area contributed by atoms with Crippen LogP contribution in [0.3, 0.4) is 0 Å². The second-order valence-corrected chi connectivity index (χ2v) is 6.31. The average molecular weight is 335 g/mol. The Morgan fingerprint density at radius 1 is 1.17 bits per heavy atom. The van der Waals surface area contributed by atoms with Gasteiger partial charge in [-0.3, -0.25) is 0 Å². The lowest BCUT2D eigenvalue weighted by molar-refractivity contribution is 0.886. The first kappa shape index (κ1) is 24.3. The van der Waals surface area contributed by atoms with Crippen LogP contribution in [0.15, 0.2) is 58.6 Å². The van der Waals surface area contributed by atoms with Crippen molar-refractivity contribution in [1.82, 2.24) is 0 Å². The fourth-order valence-corrected chi connectivity index (χ4v) is 2.99. The van der Waals surface area contributed by atoms with Gasteiger partial charge < -0.3 is 0 Å². The molecular weight excluding hydrogens is 296 g/mol. The number of rotatable bonds is 3. The zero-order chi connectivity index (χ0) is 18.1. The third-order valence-electron chi connectivity index (χ3n) is 2.92. The highest BCUT2D eigenvalue weighted by Crippen LogP contribution is 2.30. The Kier molecular flexibility index (Phi) is 18.4. The largest absolute Gasteiger partial charge is 0.122 e. The Labute approximate surface area is 150 Å². The molecule has 0 aromatic rings. The third-order valence-corrected chi connectivity index (χ3v) is 3.93. The van der Waals surface area contributed by atoms with Gasteiger partial charge in [0.15, 0.2) is 0 Å². The minimum absolute atomic E-state index is 0.466. The van der Waals surface area contributed by atoms with E-state index in [1.165, 1.54) is 22.5 Å². The minimum Gasteiger partial charge on any atom is -0.122 e. The predicted molar refractivity (Wildman–Crippen MR) is 113 cm³/mol. The maximum absolute atomic E-state index is 2.30. The van der Waals surface area contributed by atoms with Crippen LogP contribution in [0.25, 0.3) is 0 Å². The van der Waals surface area contributed by atoms with E-state index >= 15 is 0 Å². The molecule has 0 aromatic heterocycles. The Morgan fingerprint density at radius 3 is 2.30 bits per heavy atom. The van der Waals surface area contributed by atoms with Gasteiger partial charge in [0.25, 0.3) is 0 Å². The van der Waals surface area contributed by atoms with Crippen molar-refractivity contribution in [2.24, 2.45) is 5.92 Å². The Bertz CT molecular complexity index is 419. The lowest BCUT2D eigenvalue weighted by atomic mass is 9.98. The van der Waals surface area contributed by atoms with Crippen LogP contribution < -0.4 is 0 Å². The predicted octanol–water partition coefficient (Wildman–Crippen LogP) is 8.11. The maximum atomic E-state index is 2.30. The second-order valence-electron chi connectivity index (χ2n) is 5.24. The SMILES string of the molecule is C/C=C/C1=C(\C=C/CC)C(C)/C=C\C(C)=C/CS1.CC.CCC. The average Bonchev–Trinajstić information content (AvgIpc) is 2.61. The number of hydrogen-bond acceptors (Lipinski definition) is 1. The van der Waals surface area contributed by atoms with E-state index in [0.29, 0.717) is 5.92 Å². The molecule has 0 radical (unpaired) electrons.